The van der Waals surface area contributed by atoms with Gasteiger partial charge in [0.2, 0.25) is 5.91 Å². The van der Waals surface area contributed by atoms with Crippen LogP contribution in [0.4, 0.5) is 4.39 Å². The van der Waals surface area contributed by atoms with Crippen LogP contribution in [0.25, 0.3) is 0 Å². The number of rotatable bonds is 7. The molecule has 3 nitrogen and oxygen atoms in total. The Balaban J connectivity index is 2.51. The van der Waals surface area contributed by atoms with Gasteiger partial charge >= 0.3 is 0 Å². The number of likely N-dealkylation sites (N-methyl/N-ethyl adjacent to an activating group) is 1. The van der Waals surface area contributed by atoms with E-state index in [1.165, 1.54) is 23.9 Å². The molecule has 18 heavy (non-hydrogen) atoms. The first kappa shape index (κ1) is 15.0. The normalized spacial score (nSPS) is 14.2. The number of amides is 1. The predicted molar refractivity (Wildman–Crippen MR) is 73.0 cm³/mol. The lowest BCUT2D eigenvalue weighted by Crippen LogP contribution is -2.53. The summed E-state index contributed by atoms with van der Waals surface area (Å²) in [5.41, 5.74) is 4.69. The van der Waals surface area contributed by atoms with Crippen molar-refractivity contribution in [1.29, 1.82) is 0 Å². The van der Waals surface area contributed by atoms with E-state index in [4.69, 9.17) is 5.73 Å². The summed E-state index contributed by atoms with van der Waals surface area (Å²) >= 11 is 1.52. The molecule has 0 aliphatic heterocycles. The first-order valence-electron chi connectivity index (χ1n) is 5.91. The Morgan fingerprint density at radius 2 is 2.28 bits per heavy atom. The molecule has 1 aromatic rings. The van der Waals surface area contributed by atoms with Crippen molar-refractivity contribution in [2.75, 3.05) is 12.3 Å². The first-order valence-corrected chi connectivity index (χ1v) is 6.90. The van der Waals surface area contributed by atoms with E-state index in [9.17, 15) is 9.18 Å². The molecule has 0 aliphatic rings. The topological polar surface area (TPSA) is 55.1 Å². The zero-order valence-electron chi connectivity index (χ0n) is 10.7. The molecule has 0 aromatic heterocycles. The molecule has 0 bridgehead atoms. The molecule has 1 unspecified atom stereocenters. The average molecular weight is 270 g/mol. The number of hydrogen-bond acceptors (Lipinski definition) is 3. The highest BCUT2D eigenvalue weighted by Gasteiger charge is 2.29. The number of primary amides is 1. The highest BCUT2D eigenvalue weighted by Crippen LogP contribution is 2.22. The molecule has 0 fully saturated rings. The van der Waals surface area contributed by atoms with Crippen molar-refractivity contribution < 1.29 is 9.18 Å². The molecule has 100 valence electrons. The highest BCUT2D eigenvalue weighted by atomic mass is 32.2. The number of benzene rings is 1. The van der Waals surface area contributed by atoms with Crippen molar-refractivity contribution in [2.24, 2.45) is 5.73 Å². The Kier molecular flexibility index (Phi) is 5.62. The molecule has 1 aromatic carbocycles. The Hall–Kier alpha value is -1.07. The van der Waals surface area contributed by atoms with Crippen LogP contribution in [0.1, 0.15) is 20.3 Å². The van der Waals surface area contributed by atoms with Crippen LogP contribution in [0.3, 0.4) is 0 Å². The van der Waals surface area contributed by atoms with Gasteiger partial charge in [-0.05, 0) is 38.1 Å². The molecule has 0 saturated heterocycles. The van der Waals surface area contributed by atoms with Crippen LogP contribution in [0.2, 0.25) is 0 Å². The maximum atomic E-state index is 13.0. The Morgan fingerprint density at radius 1 is 1.56 bits per heavy atom. The fourth-order valence-electron chi connectivity index (χ4n) is 1.62. The summed E-state index contributed by atoms with van der Waals surface area (Å²) in [6.07, 6.45) is 0.608. The molecule has 0 heterocycles. The molecule has 0 radical (unpaired) electrons. The average Bonchev–Trinajstić information content (AvgIpc) is 2.29. The number of thioether (sulfide) groups is 1. The van der Waals surface area contributed by atoms with E-state index in [1.54, 1.807) is 13.0 Å². The van der Waals surface area contributed by atoms with Gasteiger partial charge in [0.05, 0.1) is 5.54 Å². The largest absolute Gasteiger partial charge is 0.368 e. The molecular formula is C13H19FN2OS. The van der Waals surface area contributed by atoms with E-state index in [-0.39, 0.29) is 11.7 Å². The molecule has 3 N–H and O–H groups in total. The first-order chi connectivity index (χ1) is 8.48. The third-order valence-electron chi connectivity index (χ3n) is 2.78. The number of halogens is 1. The molecule has 1 amide bonds. The summed E-state index contributed by atoms with van der Waals surface area (Å²) in [4.78, 5) is 12.3. The van der Waals surface area contributed by atoms with E-state index in [1.807, 2.05) is 13.0 Å². The number of carbonyl (C=O) groups excluding carboxylic acids is 1. The van der Waals surface area contributed by atoms with Crippen LogP contribution in [0.5, 0.6) is 0 Å². The van der Waals surface area contributed by atoms with Gasteiger partial charge in [0.1, 0.15) is 5.82 Å². The van der Waals surface area contributed by atoms with Gasteiger partial charge in [-0.15, -0.1) is 11.8 Å². The van der Waals surface area contributed by atoms with Gasteiger partial charge in [-0.1, -0.05) is 13.0 Å². The molecule has 5 heteroatoms. The minimum absolute atomic E-state index is 0.246. The smallest absolute Gasteiger partial charge is 0.237 e. The van der Waals surface area contributed by atoms with Crippen LogP contribution < -0.4 is 11.1 Å². The van der Waals surface area contributed by atoms with E-state index in [0.29, 0.717) is 18.7 Å². The molecular weight excluding hydrogens is 251 g/mol. The van der Waals surface area contributed by atoms with Crippen LogP contribution in [0.15, 0.2) is 29.2 Å². The van der Waals surface area contributed by atoms with Crippen molar-refractivity contribution >= 4 is 17.7 Å². The number of carbonyl (C=O) groups is 1. The van der Waals surface area contributed by atoms with Gasteiger partial charge in [-0.25, -0.2) is 4.39 Å². The summed E-state index contributed by atoms with van der Waals surface area (Å²) < 4.78 is 13.0. The van der Waals surface area contributed by atoms with Gasteiger partial charge in [-0.3, -0.25) is 4.79 Å². The highest BCUT2D eigenvalue weighted by molar-refractivity contribution is 7.99. The Bertz CT molecular complexity index is 414. The van der Waals surface area contributed by atoms with Gasteiger partial charge < -0.3 is 11.1 Å². The van der Waals surface area contributed by atoms with Gasteiger partial charge in [0.25, 0.3) is 0 Å². The van der Waals surface area contributed by atoms with Crippen LogP contribution >= 0.6 is 11.8 Å². The summed E-state index contributed by atoms with van der Waals surface area (Å²) in [7, 11) is 0. The lowest BCUT2D eigenvalue weighted by atomic mass is 9.98. The fraction of sp³-hybridized carbons (Fsp3) is 0.462. The van der Waals surface area contributed by atoms with Crippen LogP contribution in [-0.4, -0.2) is 23.7 Å². The van der Waals surface area contributed by atoms with Crippen molar-refractivity contribution in [3.05, 3.63) is 30.1 Å². The quantitative estimate of drug-likeness (QED) is 0.747. The second-order valence-electron chi connectivity index (χ2n) is 4.28. The third kappa shape index (κ3) is 4.31. The van der Waals surface area contributed by atoms with Gasteiger partial charge in [0.15, 0.2) is 0 Å². The number of nitrogens with one attached hydrogen (secondary N) is 1. The van der Waals surface area contributed by atoms with Gasteiger partial charge in [0, 0.05) is 10.6 Å². The molecule has 0 aliphatic carbocycles. The Labute approximate surface area is 111 Å². The second kappa shape index (κ2) is 6.75. The predicted octanol–water partition coefficient (Wildman–Crippen LogP) is 2.16. The lowest BCUT2D eigenvalue weighted by Gasteiger charge is -2.26. The van der Waals surface area contributed by atoms with Crippen LogP contribution in [-0.2, 0) is 4.79 Å². The molecule has 0 saturated carbocycles. The second-order valence-corrected chi connectivity index (χ2v) is 5.45. The van der Waals surface area contributed by atoms with Crippen molar-refractivity contribution in [2.45, 2.75) is 30.7 Å². The monoisotopic (exact) mass is 270 g/mol. The van der Waals surface area contributed by atoms with Crippen molar-refractivity contribution in [1.82, 2.24) is 5.32 Å². The summed E-state index contributed by atoms with van der Waals surface area (Å²) in [5.74, 6) is 0.101. The molecule has 0 spiro atoms. The summed E-state index contributed by atoms with van der Waals surface area (Å²) in [5, 5.41) is 3.09. The number of hydrogen-bond donors (Lipinski definition) is 2. The number of nitrogens with two attached hydrogens (primary N) is 1. The lowest BCUT2D eigenvalue weighted by molar-refractivity contribution is -0.123. The van der Waals surface area contributed by atoms with Crippen LogP contribution in [0, 0.1) is 5.82 Å². The third-order valence-corrected chi connectivity index (χ3v) is 3.77. The van der Waals surface area contributed by atoms with Gasteiger partial charge in [-0.2, -0.15) is 0 Å². The minimum Gasteiger partial charge on any atom is -0.368 e. The fourth-order valence-corrected chi connectivity index (χ4v) is 2.74. The van der Waals surface area contributed by atoms with E-state index in [0.717, 1.165) is 4.90 Å². The zero-order chi connectivity index (χ0) is 13.6. The standard InChI is InChI=1S/C13H19FN2OS/c1-3-16-13(2,12(15)17)7-8-18-11-6-4-5-10(14)9-11/h4-6,9,16H,3,7-8H2,1-2H3,(H2,15,17). The zero-order valence-corrected chi connectivity index (χ0v) is 11.5. The van der Waals surface area contributed by atoms with E-state index < -0.39 is 5.54 Å². The van der Waals surface area contributed by atoms with E-state index in [2.05, 4.69) is 5.32 Å². The molecule has 1 rings (SSSR count). The maximum absolute atomic E-state index is 13.0. The maximum Gasteiger partial charge on any atom is 0.237 e. The molecule has 1 atom stereocenters. The van der Waals surface area contributed by atoms with E-state index >= 15 is 0 Å². The Morgan fingerprint density at radius 3 is 2.83 bits per heavy atom. The minimum atomic E-state index is -0.699. The van der Waals surface area contributed by atoms with Crippen molar-refractivity contribution in [3.8, 4) is 0 Å². The summed E-state index contributed by atoms with van der Waals surface area (Å²) in [6, 6.07) is 6.42. The summed E-state index contributed by atoms with van der Waals surface area (Å²) in [6.45, 7) is 4.41. The SMILES string of the molecule is CCNC(C)(CCSc1cccc(F)c1)C(N)=O. The van der Waals surface area contributed by atoms with Crippen molar-refractivity contribution in [3.63, 3.8) is 0 Å².